The average molecular weight is 460 g/mol. The molecule has 0 N–H and O–H groups in total. The zero-order valence-corrected chi connectivity index (χ0v) is 18.9. The normalized spacial score (nSPS) is 18.1. The van der Waals surface area contributed by atoms with Gasteiger partial charge < -0.3 is 18.9 Å². The number of carbonyl (C=O) groups is 2. The smallest absolute Gasteiger partial charge is 0.343 e. The monoisotopic (exact) mass is 460 g/mol. The SMILES string of the molecule is C=C1C=c2cccc(OCC(=O)OC)c2=NC1C1N=c2c(OCC(=O)OC)cccc2=CC1=C. The van der Waals surface area contributed by atoms with Gasteiger partial charge in [0.1, 0.15) is 34.3 Å². The second-order valence-electron chi connectivity index (χ2n) is 7.70. The van der Waals surface area contributed by atoms with Crippen LogP contribution in [-0.2, 0) is 19.1 Å². The minimum Gasteiger partial charge on any atom is -0.480 e. The van der Waals surface area contributed by atoms with E-state index in [1.54, 1.807) is 12.1 Å². The van der Waals surface area contributed by atoms with Crippen LogP contribution in [0.15, 0.2) is 70.7 Å². The van der Waals surface area contributed by atoms with Gasteiger partial charge in [-0.15, -0.1) is 0 Å². The Hall–Kier alpha value is -4.20. The second kappa shape index (κ2) is 9.74. The van der Waals surface area contributed by atoms with E-state index in [0.29, 0.717) is 22.2 Å². The van der Waals surface area contributed by atoms with Crippen LogP contribution in [0.5, 0.6) is 11.5 Å². The highest BCUT2D eigenvalue weighted by Gasteiger charge is 2.28. The summed E-state index contributed by atoms with van der Waals surface area (Å²) in [6.45, 7) is 7.95. The molecule has 0 bridgehead atoms. The first-order valence-corrected chi connectivity index (χ1v) is 10.5. The van der Waals surface area contributed by atoms with Crippen LogP contribution >= 0.6 is 0 Å². The van der Waals surface area contributed by atoms with Crippen LogP contribution in [0.1, 0.15) is 0 Å². The molecule has 8 heteroatoms. The molecule has 2 atom stereocenters. The molecule has 2 heterocycles. The van der Waals surface area contributed by atoms with E-state index in [4.69, 9.17) is 19.5 Å². The summed E-state index contributed by atoms with van der Waals surface area (Å²) in [7, 11) is 2.61. The number of ether oxygens (including phenoxy) is 4. The maximum Gasteiger partial charge on any atom is 0.343 e. The number of nitrogens with zero attached hydrogens (tertiary/aromatic N) is 2. The highest BCUT2D eigenvalue weighted by atomic mass is 16.6. The summed E-state index contributed by atoms with van der Waals surface area (Å²) in [5.41, 5.74) is 1.52. The summed E-state index contributed by atoms with van der Waals surface area (Å²) < 4.78 is 20.6. The third kappa shape index (κ3) is 4.61. The lowest BCUT2D eigenvalue weighted by Crippen LogP contribution is -2.42. The molecule has 0 saturated carbocycles. The lowest BCUT2D eigenvalue weighted by Gasteiger charge is -2.26. The molecule has 8 nitrogen and oxygen atoms in total. The van der Waals surface area contributed by atoms with Crippen molar-refractivity contribution in [2.24, 2.45) is 9.98 Å². The molecule has 2 unspecified atom stereocenters. The van der Waals surface area contributed by atoms with Crippen molar-refractivity contribution >= 4 is 24.1 Å². The molecule has 0 fully saturated rings. The summed E-state index contributed by atoms with van der Waals surface area (Å²) >= 11 is 0. The molecule has 0 amide bonds. The van der Waals surface area contributed by atoms with Gasteiger partial charge >= 0.3 is 11.9 Å². The third-order valence-corrected chi connectivity index (χ3v) is 5.48. The standard InChI is InChI=1S/C26H24N2O6/c1-15-11-17-7-5-9-19(33-13-21(29)31-3)25(17)27-23(15)24-16(2)12-18-8-6-10-20(26(18)28-24)34-14-22(30)32-4/h5-12,23-24H,1-2,13-14H2,3-4H3. The maximum atomic E-state index is 11.6. The fourth-order valence-electron chi connectivity index (χ4n) is 3.77. The molecule has 2 aromatic carbocycles. The summed E-state index contributed by atoms with van der Waals surface area (Å²) in [5, 5.41) is 2.87. The molecule has 2 aliphatic heterocycles. The van der Waals surface area contributed by atoms with Gasteiger partial charge in [0.2, 0.25) is 0 Å². The van der Waals surface area contributed by atoms with Gasteiger partial charge in [-0.2, -0.15) is 0 Å². The fraction of sp³-hybridized carbons (Fsp3) is 0.231. The number of para-hydroxylation sites is 2. The first-order valence-electron chi connectivity index (χ1n) is 10.5. The van der Waals surface area contributed by atoms with Crippen molar-refractivity contribution in [3.63, 3.8) is 0 Å². The molecule has 0 aliphatic carbocycles. The average Bonchev–Trinajstić information content (AvgIpc) is 2.84. The maximum absolute atomic E-state index is 11.6. The predicted molar refractivity (Wildman–Crippen MR) is 124 cm³/mol. The first kappa shape index (κ1) is 23.0. The van der Waals surface area contributed by atoms with Crippen molar-refractivity contribution in [3.8, 4) is 11.5 Å². The van der Waals surface area contributed by atoms with Crippen molar-refractivity contribution in [3.05, 3.63) is 81.9 Å². The number of hydrogen-bond acceptors (Lipinski definition) is 8. The van der Waals surface area contributed by atoms with Crippen LogP contribution in [0, 0.1) is 0 Å². The molecular weight excluding hydrogens is 436 g/mol. The number of carbonyl (C=O) groups excluding carboxylic acids is 2. The Morgan fingerprint density at radius 1 is 0.765 bits per heavy atom. The van der Waals surface area contributed by atoms with E-state index in [0.717, 1.165) is 21.6 Å². The molecule has 174 valence electrons. The molecule has 0 saturated heterocycles. The van der Waals surface area contributed by atoms with E-state index in [9.17, 15) is 9.59 Å². The van der Waals surface area contributed by atoms with E-state index in [2.05, 4.69) is 22.6 Å². The minimum absolute atomic E-state index is 0.226. The Kier molecular flexibility index (Phi) is 6.58. The third-order valence-electron chi connectivity index (χ3n) is 5.48. The zero-order chi connectivity index (χ0) is 24.2. The van der Waals surface area contributed by atoms with E-state index < -0.39 is 24.0 Å². The van der Waals surface area contributed by atoms with Gasteiger partial charge in [0.05, 0.1) is 14.2 Å². The lowest BCUT2D eigenvalue weighted by molar-refractivity contribution is -0.143. The van der Waals surface area contributed by atoms with Gasteiger partial charge in [0.15, 0.2) is 13.2 Å². The number of hydrogen-bond donors (Lipinski definition) is 0. The largest absolute Gasteiger partial charge is 0.480 e. The Bertz CT molecular complexity index is 1320. The summed E-state index contributed by atoms with van der Waals surface area (Å²) in [5.74, 6) is -0.0477. The summed E-state index contributed by atoms with van der Waals surface area (Å²) in [4.78, 5) is 32.9. The van der Waals surface area contributed by atoms with Crippen LogP contribution in [-0.4, -0.2) is 51.5 Å². The fourth-order valence-corrected chi connectivity index (χ4v) is 3.77. The van der Waals surface area contributed by atoms with Gasteiger partial charge in [0.25, 0.3) is 0 Å². The van der Waals surface area contributed by atoms with Gasteiger partial charge in [0, 0.05) is 10.4 Å². The van der Waals surface area contributed by atoms with Crippen LogP contribution in [0.25, 0.3) is 12.2 Å². The zero-order valence-electron chi connectivity index (χ0n) is 18.9. The molecule has 0 spiro atoms. The Morgan fingerprint density at radius 2 is 1.18 bits per heavy atom. The number of rotatable bonds is 7. The molecule has 0 aromatic heterocycles. The van der Waals surface area contributed by atoms with Crippen LogP contribution in [0.3, 0.4) is 0 Å². The number of benzene rings is 2. The molecule has 2 aliphatic rings. The van der Waals surface area contributed by atoms with Crippen molar-refractivity contribution in [2.75, 3.05) is 27.4 Å². The topological polar surface area (TPSA) is 95.8 Å². The van der Waals surface area contributed by atoms with Crippen molar-refractivity contribution < 1.29 is 28.5 Å². The molecule has 34 heavy (non-hydrogen) atoms. The molecule has 2 aromatic rings. The molecule has 0 radical (unpaired) electrons. The highest BCUT2D eigenvalue weighted by Crippen LogP contribution is 2.23. The quantitative estimate of drug-likeness (QED) is 0.547. The molecule has 4 rings (SSSR count). The van der Waals surface area contributed by atoms with Crippen molar-refractivity contribution in [1.82, 2.24) is 0 Å². The van der Waals surface area contributed by atoms with Gasteiger partial charge in [-0.1, -0.05) is 37.4 Å². The Morgan fingerprint density at radius 3 is 1.56 bits per heavy atom. The van der Waals surface area contributed by atoms with Crippen molar-refractivity contribution in [1.29, 1.82) is 0 Å². The van der Waals surface area contributed by atoms with Crippen LogP contribution in [0.2, 0.25) is 0 Å². The summed E-state index contributed by atoms with van der Waals surface area (Å²) in [6, 6.07) is 10.1. The van der Waals surface area contributed by atoms with Crippen molar-refractivity contribution in [2.45, 2.75) is 12.1 Å². The Labute approximate surface area is 195 Å². The van der Waals surface area contributed by atoms with Gasteiger partial charge in [-0.3, -0.25) is 9.98 Å². The van der Waals surface area contributed by atoms with Crippen LogP contribution < -0.4 is 30.6 Å². The predicted octanol–water partition coefficient (Wildman–Crippen LogP) is 0.167. The van der Waals surface area contributed by atoms with E-state index >= 15 is 0 Å². The Balaban J connectivity index is 1.74. The van der Waals surface area contributed by atoms with E-state index in [-0.39, 0.29) is 13.2 Å². The summed E-state index contributed by atoms with van der Waals surface area (Å²) in [6.07, 6.45) is 3.85. The second-order valence-corrected chi connectivity index (χ2v) is 7.70. The number of methoxy groups -OCH3 is 2. The van der Waals surface area contributed by atoms with E-state index in [1.165, 1.54) is 14.2 Å². The van der Waals surface area contributed by atoms with Gasteiger partial charge in [-0.25, -0.2) is 9.59 Å². The number of fused-ring (bicyclic) bond motifs is 2. The lowest BCUT2D eigenvalue weighted by atomic mass is 9.91. The highest BCUT2D eigenvalue weighted by molar-refractivity contribution is 5.71. The van der Waals surface area contributed by atoms with E-state index in [1.807, 2.05) is 36.4 Å². The van der Waals surface area contributed by atoms with Gasteiger partial charge in [-0.05, 0) is 35.4 Å². The minimum atomic E-state index is -0.486. The first-order chi connectivity index (χ1) is 16.4. The number of esters is 2. The van der Waals surface area contributed by atoms with Crippen LogP contribution in [0.4, 0.5) is 0 Å². The molecular formula is C26H24N2O6.